The molecule has 0 aliphatic carbocycles. The molecule has 1 aromatic rings. The molecule has 0 bridgehead atoms. The predicted molar refractivity (Wildman–Crippen MR) is 70.9 cm³/mol. The number of amides is 1. The number of rotatable bonds is 6. The summed E-state index contributed by atoms with van der Waals surface area (Å²) in [5.74, 6) is -1.56. The van der Waals surface area contributed by atoms with E-state index in [1.165, 1.54) is 4.68 Å². The zero-order valence-corrected chi connectivity index (χ0v) is 11.6. The van der Waals surface area contributed by atoms with Crippen molar-refractivity contribution in [2.24, 2.45) is 24.6 Å². The molecule has 19 heavy (non-hydrogen) atoms. The van der Waals surface area contributed by atoms with Crippen molar-refractivity contribution in [2.75, 3.05) is 11.9 Å². The first-order valence-corrected chi connectivity index (χ1v) is 6.05. The number of nitrogens with zero attached hydrogens (tertiary/aromatic N) is 2. The molecule has 1 unspecified atom stereocenters. The summed E-state index contributed by atoms with van der Waals surface area (Å²) in [4.78, 5) is 22.5. The molecule has 0 radical (unpaired) electrons. The summed E-state index contributed by atoms with van der Waals surface area (Å²) in [6.07, 6.45) is 0. The van der Waals surface area contributed by atoms with Crippen molar-refractivity contribution in [3.8, 4) is 0 Å². The van der Waals surface area contributed by atoms with Crippen molar-refractivity contribution in [3.63, 3.8) is 0 Å². The van der Waals surface area contributed by atoms with Crippen LogP contribution in [0.15, 0.2) is 0 Å². The van der Waals surface area contributed by atoms with Crippen molar-refractivity contribution in [1.82, 2.24) is 9.78 Å². The molecular weight excluding hydrogens is 248 g/mol. The van der Waals surface area contributed by atoms with Crippen molar-refractivity contribution in [1.29, 1.82) is 0 Å². The summed E-state index contributed by atoms with van der Waals surface area (Å²) in [5, 5.41) is 16.2. The van der Waals surface area contributed by atoms with Crippen LogP contribution in [0.4, 0.5) is 5.82 Å². The minimum atomic E-state index is -0.873. The van der Waals surface area contributed by atoms with E-state index >= 15 is 0 Å². The maximum Gasteiger partial charge on any atom is 0.308 e. The molecule has 106 valence electrons. The Balaban J connectivity index is 2.94. The van der Waals surface area contributed by atoms with E-state index in [1.807, 2.05) is 13.8 Å². The molecule has 0 saturated carbocycles. The largest absolute Gasteiger partial charge is 0.481 e. The first-order valence-electron chi connectivity index (χ1n) is 6.05. The number of nitrogens with one attached hydrogen (secondary N) is 1. The van der Waals surface area contributed by atoms with Gasteiger partial charge in [0.15, 0.2) is 0 Å². The number of nitrogens with two attached hydrogens (primary N) is 1. The van der Waals surface area contributed by atoms with E-state index in [-0.39, 0.29) is 12.5 Å². The first-order chi connectivity index (χ1) is 8.75. The Hall–Kier alpha value is -2.05. The number of carbonyl (C=O) groups excluding carboxylic acids is 1. The zero-order chi connectivity index (χ0) is 14.7. The number of hydrogen-bond acceptors (Lipinski definition) is 4. The van der Waals surface area contributed by atoms with Crippen LogP contribution in [0.3, 0.4) is 0 Å². The molecule has 0 aliphatic rings. The second-order valence-corrected chi connectivity index (χ2v) is 4.87. The Morgan fingerprint density at radius 2 is 2.05 bits per heavy atom. The van der Waals surface area contributed by atoms with E-state index in [9.17, 15) is 9.59 Å². The third-order valence-electron chi connectivity index (χ3n) is 3.08. The SMILES string of the molecule is Cc1nn(C)c(NCC(C(=O)O)C(C)C)c1C(N)=O. The lowest BCUT2D eigenvalue weighted by Gasteiger charge is -2.17. The molecule has 1 heterocycles. The summed E-state index contributed by atoms with van der Waals surface area (Å²) in [7, 11) is 1.67. The van der Waals surface area contributed by atoms with Crippen LogP contribution in [-0.2, 0) is 11.8 Å². The Morgan fingerprint density at radius 1 is 1.47 bits per heavy atom. The first kappa shape index (κ1) is 15.0. The highest BCUT2D eigenvalue weighted by Crippen LogP contribution is 2.20. The monoisotopic (exact) mass is 268 g/mol. The van der Waals surface area contributed by atoms with Gasteiger partial charge >= 0.3 is 5.97 Å². The van der Waals surface area contributed by atoms with Gasteiger partial charge in [0, 0.05) is 13.6 Å². The lowest BCUT2D eigenvalue weighted by atomic mass is 9.96. The lowest BCUT2D eigenvalue weighted by molar-refractivity contribution is -0.142. The van der Waals surface area contributed by atoms with E-state index in [0.29, 0.717) is 17.1 Å². The number of carboxylic acids is 1. The van der Waals surface area contributed by atoms with Crippen molar-refractivity contribution < 1.29 is 14.7 Å². The van der Waals surface area contributed by atoms with Crippen LogP contribution in [0.25, 0.3) is 0 Å². The van der Waals surface area contributed by atoms with Crippen molar-refractivity contribution in [3.05, 3.63) is 11.3 Å². The maximum atomic E-state index is 11.4. The fourth-order valence-electron chi connectivity index (χ4n) is 1.97. The van der Waals surface area contributed by atoms with Gasteiger partial charge in [-0.05, 0) is 12.8 Å². The molecule has 1 atom stereocenters. The quantitative estimate of drug-likeness (QED) is 0.699. The van der Waals surface area contributed by atoms with Gasteiger partial charge in [0.25, 0.3) is 5.91 Å². The van der Waals surface area contributed by atoms with Crippen LogP contribution < -0.4 is 11.1 Å². The second kappa shape index (κ2) is 5.73. The molecule has 1 amide bonds. The number of primary amides is 1. The van der Waals surface area contributed by atoms with Crippen LogP contribution >= 0.6 is 0 Å². The number of aryl methyl sites for hydroxylation is 2. The van der Waals surface area contributed by atoms with Gasteiger partial charge < -0.3 is 16.2 Å². The van der Waals surface area contributed by atoms with E-state index < -0.39 is 17.8 Å². The van der Waals surface area contributed by atoms with Gasteiger partial charge in [-0.1, -0.05) is 13.8 Å². The smallest absolute Gasteiger partial charge is 0.308 e. The average molecular weight is 268 g/mol. The third-order valence-corrected chi connectivity index (χ3v) is 3.08. The zero-order valence-electron chi connectivity index (χ0n) is 11.6. The van der Waals surface area contributed by atoms with Crippen LogP contribution in [0.5, 0.6) is 0 Å². The summed E-state index contributed by atoms with van der Waals surface area (Å²) < 4.78 is 1.49. The van der Waals surface area contributed by atoms with Gasteiger partial charge in [0.2, 0.25) is 0 Å². The topological polar surface area (TPSA) is 110 Å². The average Bonchev–Trinajstić information content (AvgIpc) is 2.52. The van der Waals surface area contributed by atoms with Gasteiger partial charge in [-0.2, -0.15) is 5.10 Å². The summed E-state index contributed by atoms with van der Waals surface area (Å²) in [5.41, 5.74) is 6.13. The fourth-order valence-corrected chi connectivity index (χ4v) is 1.97. The van der Waals surface area contributed by atoms with Crippen LogP contribution in [0.1, 0.15) is 29.9 Å². The molecule has 0 aromatic carbocycles. The highest BCUT2D eigenvalue weighted by Gasteiger charge is 2.24. The summed E-state index contributed by atoms with van der Waals surface area (Å²) in [6.45, 7) is 5.57. The van der Waals surface area contributed by atoms with E-state index in [2.05, 4.69) is 10.4 Å². The molecule has 0 fully saturated rings. The van der Waals surface area contributed by atoms with Gasteiger partial charge in [0.1, 0.15) is 11.4 Å². The van der Waals surface area contributed by atoms with Crippen LogP contribution in [0, 0.1) is 18.8 Å². The minimum absolute atomic E-state index is 0.0173. The summed E-state index contributed by atoms with van der Waals surface area (Å²) >= 11 is 0. The molecule has 7 nitrogen and oxygen atoms in total. The molecule has 0 spiro atoms. The molecule has 4 N–H and O–H groups in total. The molecule has 0 aliphatic heterocycles. The predicted octanol–water partition coefficient (Wildman–Crippen LogP) is 0.596. The van der Waals surface area contributed by atoms with Crippen molar-refractivity contribution in [2.45, 2.75) is 20.8 Å². The van der Waals surface area contributed by atoms with E-state index in [4.69, 9.17) is 10.8 Å². The van der Waals surface area contributed by atoms with E-state index in [1.54, 1.807) is 14.0 Å². The van der Waals surface area contributed by atoms with Gasteiger partial charge in [-0.15, -0.1) is 0 Å². The third kappa shape index (κ3) is 3.24. The minimum Gasteiger partial charge on any atom is -0.481 e. The molecule has 1 aromatic heterocycles. The standard InChI is InChI=1S/C12H20N4O3/c1-6(2)8(12(18)19)5-14-11-9(10(13)17)7(3)15-16(11)4/h6,8,14H,5H2,1-4H3,(H2,13,17)(H,18,19). The van der Waals surface area contributed by atoms with Crippen molar-refractivity contribution >= 4 is 17.7 Å². The Bertz CT molecular complexity index is 493. The van der Waals surface area contributed by atoms with Crippen LogP contribution in [-0.4, -0.2) is 33.3 Å². The van der Waals surface area contributed by atoms with Crippen LogP contribution in [0.2, 0.25) is 0 Å². The number of aromatic nitrogens is 2. The number of carboxylic acid groups (broad SMARTS) is 1. The van der Waals surface area contributed by atoms with Gasteiger partial charge in [0.05, 0.1) is 11.6 Å². The number of carbonyl (C=O) groups is 2. The fraction of sp³-hybridized carbons (Fsp3) is 0.583. The second-order valence-electron chi connectivity index (χ2n) is 4.87. The lowest BCUT2D eigenvalue weighted by Crippen LogP contribution is -2.28. The molecular formula is C12H20N4O3. The highest BCUT2D eigenvalue weighted by atomic mass is 16.4. The Labute approximate surface area is 111 Å². The summed E-state index contributed by atoms with van der Waals surface area (Å²) in [6, 6.07) is 0. The normalized spacial score (nSPS) is 12.5. The number of hydrogen-bond donors (Lipinski definition) is 3. The Kier molecular flexibility index (Phi) is 4.52. The maximum absolute atomic E-state index is 11.4. The van der Waals surface area contributed by atoms with E-state index in [0.717, 1.165) is 0 Å². The van der Waals surface area contributed by atoms with Gasteiger partial charge in [-0.25, -0.2) is 0 Å². The Morgan fingerprint density at radius 3 is 2.47 bits per heavy atom. The molecule has 7 heteroatoms. The van der Waals surface area contributed by atoms with Gasteiger partial charge in [-0.3, -0.25) is 14.3 Å². The molecule has 1 rings (SSSR count). The number of aliphatic carboxylic acids is 1. The number of anilines is 1. The molecule has 0 saturated heterocycles. The highest BCUT2D eigenvalue weighted by molar-refractivity contribution is 5.98.